The first-order chi connectivity index (χ1) is 8.28. The molecule has 94 valence electrons. The van der Waals surface area contributed by atoms with E-state index >= 15 is 0 Å². The van der Waals surface area contributed by atoms with Gasteiger partial charge in [0.2, 0.25) is 0 Å². The van der Waals surface area contributed by atoms with Gasteiger partial charge in [0.25, 0.3) is 0 Å². The summed E-state index contributed by atoms with van der Waals surface area (Å²) in [5, 5.41) is 3.45. The SMILES string of the molecule is CCCC1CC(Nc2ccc(F)cc2)CCO1. The van der Waals surface area contributed by atoms with E-state index in [9.17, 15) is 4.39 Å². The van der Waals surface area contributed by atoms with Crippen molar-refractivity contribution in [1.82, 2.24) is 0 Å². The Morgan fingerprint density at radius 1 is 1.35 bits per heavy atom. The molecule has 1 aromatic rings. The van der Waals surface area contributed by atoms with Crippen LogP contribution in [-0.4, -0.2) is 18.8 Å². The van der Waals surface area contributed by atoms with Gasteiger partial charge in [-0.2, -0.15) is 0 Å². The van der Waals surface area contributed by atoms with Crippen molar-refractivity contribution < 1.29 is 9.13 Å². The predicted molar refractivity (Wildman–Crippen MR) is 67.7 cm³/mol. The van der Waals surface area contributed by atoms with E-state index in [1.807, 2.05) is 0 Å². The lowest BCUT2D eigenvalue weighted by molar-refractivity contribution is 0.00598. The van der Waals surface area contributed by atoms with Crippen LogP contribution in [0.15, 0.2) is 24.3 Å². The van der Waals surface area contributed by atoms with Gasteiger partial charge in [0.05, 0.1) is 6.10 Å². The molecule has 2 rings (SSSR count). The van der Waals surface area contributed by atoms with E-state index in [-0.39, 0.29) is 5.82 Å². The maximum atomic E-state index is 12.8. The van der Waals surface area contributed by atoms with E-state index in [2.05, 4.69) is 12.2 Å². The van der Waals surface area contributed by atoms with Gasteiger partial charge in [0, 0.05) is 18.3 Å². The molecule has 1 saturated heterocycles. The number of rotatable bonds is 4. The largest absolute Gasteiger partial charge is 0.382 e. The standard InChI is InChI=1S/C14H20FNO/c1-2-3-14-10-13(8-9-17-14)16-12-6-4-11(15)5-7-12/h4-7,13-14,16H,2-3,8-10H2,1H3. The van der Waals surface area contributed by atoms with Gasteiger partial charge >= 0.3 is 0 Å². The molecule has 2 nitrogen and oxygen atoms in total. The van der Waals surface area contributed by atoms with Crippen LogP contribution in [-0.2, 0) is 4.74 Å². The molecule has 2 unspecified atom stereocenters. The average Bonchev–Trinajstić information content (AvgIpc) is 2.33. The topological polar surface area (TPSA) is 21.3 Å². The van der Waals surface area contributed by atoms with E-state index in [1.54, 1.807) is 12.1 Å². The smallest absolute Gasteiger partial charge is 0.123 e. The second-order valence-corrected chi connectivity index (χ2v) is 4.65. The van der Waals surface area contributed by atoms with Crippen molar-refractivity contribution in [1.29, 1.82) is 0 Å². The maximum absolute atomic E-state index is 12.8. The van der Waals surface area contributed by atoms with Crippen molar-refractivity contribution in [2.45, 2.75) is 44.8 Å². The van der Waals surface area contributed by atoms with Gasteiger partial charge < -0.3 is 10.1 Å². The molecule has 1 heterocycles. The highest BCUT2D eigenvalue weighted by atomic mass is 19.1. The fraction of sp³-hybridized carbons (Fsp3) is 0.571. The lowest BCUT2D eigenvalue weighted by Gasteiger charge is -2.30. The van der Waals surface area contributed by atoms with Crippen molar-refractivity contribution in [3.63, 3.8) is 0 Å². The molecule has 0 aliphatic carbocycles. The Morgan fingerprint density at radius 3 is 2.82 bits per heavy atom. The zero-order valence-corrected chi connectivity index (χ0v) is 10.3. The summed E-state index contributed by atoms with van der Waals surface area (Å²) in [6.45, 7) is 3.00. The lowest BCUT2D eigenvalue weighted by atomic mass is 10.00. The highest BCUT2D eigenvalue weighted by molar-refractivity contribution is 5.43. The van der Waals surface area contributed by atoms with Crippen molar-refractivity contribution in [3.8, 4) is 0 Å². The molecule has 3 heteroatoms. The Morgan fingerprint density at radius 2 is 2.12 bits per heavy atom. The first kappa shape index (κ1) is 12.4. The number of hydrogen-bond donors (Lipinski definition) is 1. The Bertz CT molecular complexity index is 337. The highest BCUT2D eigenvalue weighted by Gasteiger charge is 2.21. The van der Waals surface area contributed by atoms with Crippen LogP contribution in [0.2, 0.25) is 0 Å². The minimum Gasteiger partial charge on any atom is -0.382 e. The van der Waals surface area contributed by atoms with Crippen LogP contribution in [0.5, 0.6) is 0 Å². The average molecular weight is 237 g/mol. The summed E-state index contributed by atoms with van der Waals surface area (Å²) < 4.78 is 18.5. The summed E-state index contributed by atoms with van der Waals surface area (Å²) in [6.07, 6.45) is 4.74. The van der Waals surface area contributed by atoms with Gasteiger partial charge in [-0.25, -0.2) is 4.39 Å². The zero-order chi connectivity index (χ0) is 12.1. The molecule has 0 aromatic heterocycles. The van der Waals surface area contributed by atoms with Crippen LogP contribution >= 0.6 is 0 Å². The van der Waals surface area contributed by atoms with Gasteiger partial charge in [-0.1, -0.05) is 13.3 Å². The Balaban J connectivity index is 1.87. The fourth-order valence-electron chi connectivity index (χ4n) is 2.32. The summed E-state index contributed by atoms with van der Waals surface area (Å²) in [5.41, 5.74) is 0.994. The van der Waals surface area contributed by atoms with Gasteiger partial charge in [-0.05, 0) is 43.5 Å². The molecule has 2 atom stereocenters. The van der Waals surface area contributed by atoms with Crippen LogP contribution in [0.3, 0.4) is 0 Å². The predicted octanol–water partition coefficient (Wildman–Crippen LogP) is 3.59. The minimum absolute atomic E-state index is 0.189. The molecule has 0 saturated carbocycles. The molecule has 1 aromatic carbocycles. The first-order valence-corrected chi connectivity index (χ1v) is 6.41. The lowest BCUT2D eigenvalue weighted by Crippen LogP contribution is -2.33. The molecule has 1 aliphatic heterocycles. The van der Waals surface area contributed by atoms with Crippen LogP contribution in [0.4, 0.5) is 10.1 Å². The van der Waals surface area contributed by atoms with Crippen molar-refractivity contribution in [2.75, 3.05) is 11.9 Å². The molecule has 1 fully saturated rings. The van der Waals surface area contributed by atoms with Crippen LogP contribution < -0.4 is 5.32 Å². The summed E-state index contributed by atoms with van der Waals surface area (Å²) in [6, 6.07) is 7.01. The van der Waals surface area contributed by atoms with Gasteiger partial charge in [0.15, 0.2) is 0 Å². The normalized spacial score (nSPS) is 24.6. The Kier molecular flexibility index (Phi) is 4.37. The molecular weight excluding hydrogens is 217 g/mol. The second kappa shape index (κ2) is 6.01. The number of anilines is 1. The summed E-state index contributed by atoms with van der Waals surface area (Å²) in [5.74, 6) is -0.189. The van der Waals surface area contributed by atoms with Crippen molar-refractivity contribution in [2.24, 2.45) is 0 Å². The molecule has 0 radical (unpaired) electrons. The van der Waals surface area contributed by atoms with E-state index in [4.69, 9.17) is 4.74 Å². The number of nitrogens with one attached hydrogen (secondary N) is 1. The Hall–Kier alpha value is -1.09. The molecule has 1 N–H and O–H groups in total. The highest BCUT2D eigenvalue weighted by Crippen LogP contribution is 2.21. The first-order valence-electron chi connectivity index (χ1n) is 6.41. The minimum atomic E-state index is -0.189. The monoisotopic (exact) mass is 237 g/mol. The molecule has 1 aliphatic rings. The number of ether oxygens (including phenoxy) is 1. The van der Waals surface area contributed by atoms with E-state index in [1.165, 1.54) is 12.1 Å². The second-order valence-electron chi connectivity index (χ2n) is 4.65. The molecule has 17 heavy (non-hydrogen) atoms. The van der Waals surface area contributed by atoms with E-state index in [0.717, 1.165) is 38.0 Å². The molecule has 0 amide bonds. The summed E-state index contributed by atoms with van der Waals surface area (Å²) >= 11 is 0. The van der Waals surface area contributed by atoms with E-state index in [0.29, 0.717) is 12.1 Å². The van der Waals surface area contributed by atoms with E-state index < -0.39 is 0 Å². The fourth-order valence-corrected chi connectivity index (χ4v) is 2.32. The van der Waals surface area contributed by atoms with Crippen molar-refractivity contribution in [3.05, 3.63) is 30.1 Å². The number of hydrogen-bond acceptors (Lipinski definition) is 2. The third-order valence-corrected chi connectivity index (χ3v) is 3.19. The van der Waals surface area contributed by atoms with Crippen LogP contribution in [0, 0.1) is 5.82 Å². The Labute approximate surface area is 102 Å². The molecular formula is C14H20FNO. The summed E-state index contributed by atoms with van der Waals surface area (Å²) in [4.78, 5) is 0. The molecule has 0 bridgehead atoms. The zero-order valence-electron chi connectivity index (χ0n) is 10.3. The van der Waals surface area contributed by atoms with Crippen LogP contribution in [0.25, 0.3) is 0 Å². The van der Waals surface area contributed by atoms with Gasteiger partial charge in [0.1, 0.15) is 5.82 Å². The number of halogens is 1. The number of benzene rings is 1. The van der Waals surface area contributed by atoms with Gasteiger partial charge in [-0.15, -0.1) is 0 Å². The van der Waals surface area contributed by atoms with Crippen molar-refractivity contribution >= 4 is 5.69 Å². The van der Waals surface area contributed by atoms with Crippen LogP contribution in [0.1, 0.15) is 32.6 Å². The third-order valence-electron chi connectivity index (χ3n) is 3.19. The third kappa shape index (κ3) is 3.70. The molecule has 0 spiro atoms. The quantitative estimate of drug-likeness (QED) is 0.864. The van der Waals surface area contributed by atoms with Gasteiger partial charge in [-0.3, -0.25) is 0 Å². The maximum Gasteiger partial charge on any atom is 0.123 e. The summed E-state index contributed by atoms with van der Waals surface area (Å²) in [7, 11) is 0.